The third-order valence-electron chi connectivity index (χ3n) is 3.91. The molecule has 0 aromatic rings. The minimum atomic E-state index is -4.05. The number of nitrogens with one attached hydrogen (secondary N) is 1. The van der Waals surface area contributed by atoms with Crippen LogP contribution in [0, 0.1) is 11.3 Å². The highest BCUT2D eigenvalue weighted by Crippen LogP contribution is 2.33. The van der Waals surface area contributed by atoms with Crippen LogP contribution < -0.4 is 5.32 Å². The summed E-state index contributed by atoms with van der Waals surface area (Å²) in [6.45, 7) is 10.9. The summed E-state index contributed by atoms with van der Waals surface area (Å²) in [5.41, 5.74) is 0.0567. The predicted molar refractivity (Wildman–Crippen MR) is 72.1 cm³/mol. The normalized spacial score (nSPS) is 24.5. The molecule has 0 aromatic heterocycles. The van der Waals surface area contributed by atoms with Gasteiger partial charge in [-0.15, -0.1) is 0 Å². The summed E-state index contributed by atoms with van der Waals surface area (Å²) in [7, 11) is 0. The maximum absolute atomic E-state index is 12.8. The molecular formula is C14H27F3N2. The van der Waals surface area contributed by atoms with Crippen LogP contribution in [0.3, 0.4) is 0 Å². The van der Waals surface area contributed by atoms with Crippen LogP contribution in [0.25, 0.3) is 0 Å². The van der Waals surface area contributed by atoms with Crippen molar-refractivity contribution in [1.82, 2.24) is 10.2 Å². The average molecular weight is 280 g/mol. The topological polar surface area (TPSA) is 15.3 Å². The highest BCUT2D eigenvalue weighted by Gasteiger charge is 2.42. The Bertz CT molecular complexity index is 271. The van der Waals surface area contributed by atoms with E-state index in [9.17, 15) is 13.2 Å². The lowest BCUT2D eigenvalue weighted by atomic mass is 9.85. The van der Waals surface area contributed by atoms with Gasteiger partial charge < -0.3 is 10.2 Å². The quantitative estimate of drug-likeness (QED) is 0.850. The number of hydrogen-bond donors (Lipinski definition) is 1. The molecule has 1 aliphatic rings. The van der Waals surface area contributed by atoms with Crippen LogP contribution in [0.1, 0.15) is 40.5 Å². The van der Waals surface area contributed by atoms with Gasteiger partial charge in [-0.3, -0.25) is 0 Å². The number of rotatable bonds is 4. The van der Waals surface area contributed by atoms with Gasteiger partial charge in [0.1, 0.15) is 0 Å². The van der Waals surface area contributed by atoms with E-state index in [4.69, 9.17) is 0 Å². The Kier molecular flexibility index (Phi) is 5.68. The van der Waals surface area contributed by atoms with Gasteiger partial charge in [0.15, 0.2) is 0 Å². The largest absolute Gasteiger partial charge is 0.393 e. The first-order valence-corrected chi connectivity index (χ1v) is 7.17. The van der Waals surface area contributed by atoms with Crippen LogP contribution in [0.4, 0.5) is 13.2 Å². The molecule has 1 aliphatic heterocycles. The molecule has 0 spiro atoms. The van der Waals surface area contributed by atoms with E-state index in [-0.39, 0.29) is 24.4 Å². The molecule has 1 fully saturated rings. The molecule has 0 radical (unpaired) electrons. The van der Waals surface area contributed by atoms with E-state index in [0.29, 0.717) is 13.0 Å². The van der Waals surface area contributed by atoms with Gasteiger partial charge in [-0.05, 0) is 31.3 Å². The molecule has 1 rings (SSSR count). The Morgan fingerprint density at radius 3 is 2.37 bits per heavy atom. The number of piperidine rings is 1. The Labute approximate surface area is 114 Å². The highest BCUT2D eigenvalue weighted by molar-refractivity contribution is 4.86. The van der Waals surface area contributed by atoms with Crippen LogP contribution in [0.15, 0.2) is 0 Å². The van der Waals surface area contributed by atoms with Crippen molar-refractivity contribution in [3.05, 3.63) is 0 Å². The van der Waals surface area contributed by atoms with Crippen LogP contribution in [-0.4, -0.2) is 43.3 Å². The zero-order valence-electron chi connectivity index (χ0n) is 12.5. The van der Waals surface area contributed by atoms with Crippen LogP contribution >= 0.6 is 0 Å². The summed E-state index contributed by atoms with van der Waals surface area (Å²) in [5, 5.41) is 3.40. The molecule has 0 amide bonds. The van der Waals surface area contributed by atoms with Crippen LogP contribution in [-0.2, 0) is 0 Å². The summed E-state index contributed by atoms with van der Waals surface area (Å²) in [6, 6.07) is 0.226. The Balaban J connectivity index is 2.59. The van der Waals surface area contributed by atoms with Crippen molar-refractivity contribution in [3.8, 4) is 0 Å². The molecule has 0 aromatic carbocycles. The van der Waals surface area contributed by atoms with E-state index >= 15 is 0 Å². The number of alkyl halides is 3. The molecule has 2 atom stereocenters. The molecular weight excluding hydrogens is 253 g/mol. The van der Waals surface area contributed by atoms with Gasteiger partial charge in [-0.1, -0.05) is 27.7 Å². The minimum Gasteiger partial charge on any atom is -0.312 e. The van der Waals surface area contributed by atoms with Crippen molar-refractivity contribution in [3.63, 3.8) is 0 Å². The number of halogens is 3. The fourth-order valence-electron chi connectivity index (χ4n) is 2.64. The Morgan fingerprint density at radius 2 is 1.89 bits per heavy atom. The third kappa shape index (κ3) is 5.30. The van der Waals surface area contributed by atoms with E-state index in [1.807, 2.05) is 11.8 Å². The van der Waals surface area contributed by atoms with Crippen molar-refractivity contribution in [2.75, 3.05) is 26.2 Å². The van der Waals surface area contributed by atoms with E-state index in [1.165, 1.54) is 0 Å². The van der Waals surface area contributed by atoms with Gasteiger partial charge >= 0.3 is 6.18 Å². The summed E-state index contributed by atoms with van der Waals surface area (Å²) in [6.07, 6.45) is -3.12. The second-order valence-electron chi connectivity index (χ2n) is 6.62. The lowest BCUT2D eigenvalue weighted by Crippen LogP contribution is -2.52. The maximum atomic E-state index is 12.8. The molecule has 2 nitrogen and oxygen atoms in total. The van der Waals surface area contributed by atoms with Gasteiger partial charge in [-0.25, -0.2) is 0 Å². The van der Waals surface area contributed by atoms with Crippen LogP contribution in [0.2, 0.25) is 0 Å². The standard InChI is InChI=1S/C14H27F3N2/c1-5-18-12(13(2,3)4)10-19-8-6-7-11(9-19)14(15,16)17/h11-12,18H,5-10H2,1-4H3. The molecule has 0 aliphatic carbocycles. The second-order valence-corrected chi connectivity index (χ2v) is 6.62. The third-order valence-corrected chi connectivity index (χ3v) is 3.91. The monoisotopic (exact) mass is 280 g/mol. The van der Waals surface area contributed by atoms with E-state index in [2.05, 4.69) is 26.1 Å². The zero-order chi connectivity index (χ0) is 14.7. The van der Waals surface area contributed by atoms with Gasteiger partial charge in [-0.2, -0.15) is 13.2 Å². The van der Waals surface area contributed by atoms with Crippen molar-refractivity contribution in [1.29, 1.82) is 0 Å². The highest BCUT2D eigenvalue weighted by atomic mass is 19.4. The first-order valence-electron chi connectivity index (χ1n) is 7.17. The number of likely N-dealkylation sites (tertiary alicyclic amines) is 1. The lowest BCUT2D eigenvalue weighted by molar-refractivity contribution is -0.187. The van der Waals surface area contributed by atoms with E-state index in [1.54, 1.807) is 0 Å². The van der Waals surface area contributed by atoms with Crippen molar-refractivity contribution >= 4 is 0 Å². The molecule has 1 heterocycles. The molecule has 2 unspecified atom stereocenters. The predicted octanol–water partition coefficient (Wildman–Crippen LogP) is 3.28. The van der Waals surface area contributed by atoms with Gasteiger partial charge in [0, 0.05) is 19.1 Å². The average Bonchev–Trinajstić information content (AvgIpc) is 2.26. The number of likely N-dealkylation sites (N-methyl/N-ethyl adjacent to an activating group) is 1. The summed E-state index contributed by atoms with van der Waals surface area (Å²) in [4.78, 5) is 1.97. The summed E-state index contributed by atoms with van der Waals surface area (Å²) in [5.74, 6) is -1.15. The summed E-state index contributed by atoms with van der Waals surface area (Å²) >= 11 is 0. The molecule has 1 N–H and O–H groups in total. The second kappa shape index (κ2) is 6.44. The smallest absolute Gasteiger partial charge is 0.312 e. The first-order chi connectivity index (χ1) is 8.64. The first kappa shape index (κ1) is 16.8. The fraction of sp³-hybridized carbons (Fsp3) is 1.00. The van der Waals surface area contributed by atoms with Crippen molar-refractivity contribution in [2.45, 2.75) is 52.8 Å². The fourth-order valence-corrected chi connectivity index (χ4v) is 2.64. The molecule has 1 saturated heterocycles. The molecule has 114 valence electrons. The minimum absolute atomic E-state index is 0.0567. The molecule has 19 heavy (non-hydrogen) atoms. The Morgan fingerprint density at radius 1 is 1.26 bits per heavy atom. The van der Waals surface area contributed by atoms with Crippen molar-refractivity contribution in [2.24, 2.45) is 11.3 Å². The van der Waals surface area contributed by atoms with E-state index in [0.717, 1.165) is 13.1 Å². The SMILES string of the molecule is CCNC(CN1CCCC(C(F)(F)F)C1)C(C)(C)C. The van der Waals surface area contributed by atoms with Crippen molar-refractivity contribution < 1.29 is 13.2 Å². The zero-order valence-corrected chi connectivity index (χ0v) is 12.5. The van der Waals surface area contributed by atoms with Gasteiger partial charge in [0.2, 0.25) is 0 Å². The lowest BCUT2D eigenvalue weighted by Gasteiger charge is -2.39. The molecule has 0 saturated carbocycles. The summed E-state index contributed by atoms with van der Waals surface area (Å²) < 4.78 is 38.4. The molecule has 0 bridgehead atoms. The van der Waals surface area contributed by atoms with Gasteiger partial charge in [0.25, 0.3) is 0 Å². The number of hydrogen-bond acceptors (Lipinski definition) is 2. The van der Waals surface area contributed by atoms with E-state index < -0.39 is 12.1 Å². The van der Waals surface area contributed by atoms with Gasteiger partial charge in [0.05, 0.1) is 5.92 Å². The number of nitrogens with zero attached hydrogens (tertiary/aromatic N) is 1. The maximum Gasteiger partial charge on any atom is 0.393 e. The van der Waals surface area contributed by atoms with Crippen LogP contribution in [0.5, 0.6) is 0 Å². The Hall–Kier alpha value is -0.290. The molecule has 5 heteroatoms.